The fraction of sp³-hybridized carbons (Fsp3) is 0.500. The van der Waals surface area contributed by atoms with E-state index in [2.05, 4.69) is 13.8 Å². The third-order valence-electron chi connectivity index (χ3n) is 3.89. The minimum Gasteiger partial charge on any atom is -0.275 e. The van der Waals surface area contributed by atoms with Crippen molar-refractivity contribution in [1.82, 2.24) is 5.06 Å². The summed E-state index contributed by atoms with van der Waals surface area (Å²) in [6.45, 7) is 4.20. The number of rotatable bonds is 3. The maximum absolute atomic E-state index is 12.2. The zero-order valence-electron chi connectivity index (χ0n) is 11.1. The van der Waals surface area contributed by atoms with Gasteiger partial charge in [0.1, 0.15) is 0 Å². The molecule has 0 radical (unpaired) electrons. The van der Waals surface area contributed by atoms with Crippen LogP contribution < -0.4 is 0 Å². The molecule has 3 nitrogen and oxygen atoms in total. The second-order valence-electron chi connectivity index (χ2n) is 5.35. The van der Waals surface area contributed by atoms with Gasteiger partial charge in [0.05, 0.1) is 13.0 Å². The highest BCUT2D eigenvalue weighted by molar-refractivity contribution is 6.30. The Bertz CT molecular complexity index is 473. The highest BCUT2D eigenvalue weighted by Gasteiger charge is 2.63. The number of hydroxylamine groups is 2. The molecule has 0 aliphatic heterocycles. The summed E-state index contributed by atoms with van der Waals surface area (Å²) in [5.74, 6) is 0.190. The molecule has 0 N–H and O–H groups in total. The Labute approximate surface area is 113 Å². The van der Waals surface area contributed by atoms with Gasteiger partial charge in [-0.15, -0.1) is 0 Å². The van der Waals surface area contributed by atoms with E-state index >= 15 is 0 Å². The van der Waals surface area contributed by atoms with E-state index in [-0.39, 0.29) is 23.2 Å². The molecule has 0 heterocycles. The first kappa shape index (κ1) is 13.4. The maximum Gasteiger partial charge on any atom is 0.250 e. The van der Waals surface area contributed by atoms with E-state index < -0.39 is 0 Å². The lowest BCUT2D eigenvalue weighted by Gasteiger charge is -2.14. The highest BCUT2D eigenvalue weighted by Crippen LogP contribution is 2.65. The normalized spacial score (nSPS) is 24.7. The SMILES string of the molecule is CON(C)C(=O)[C@@H]1[C@@H](c2cccc(Cl)c2)C1(C)C. The van der Waals surface area contributed by atoms with Crippen LogP contribution in [0.15, 0.2) is 24.3 Å². The van der Waals surface area contributed by atoms with Gasteiger partial charge in [0.15, 0.2) is 0 Å². The van der Waals surface area contributed by atoms with Crippen molar-refractivity contribution in [3.63, 3.8) is 0 Å². The maximum atomic E-state index is 12.2. The van der Waals surface area contributed by atoms with Crippen molar-refractivity contribution in [3.05, 3.63) is 34.9 Å². The van der Waals surface area contributed by atoms with Gasteiger partial charge in [-0.1, -0.05) is 37.6 Å². The molecule has 1 fully saturated rings. The second kappa shape index (κ2) is 4.56. The Morgan fingerprint density at radius 3 is 2.67 bits per heavy atom. The van der Waals surface area contributed by atoms with Crippen molar-refractivity contribution < 1.29 is 9.63 Å². The van der Waals surface area contributed by atoms with Crippen LogP contribution >= 0.6 is 11.6 Å². The van der Waals surface area contributed by atoms with Gasteiger partial charge in [-0.3, -0.25) is 9.63 Å². The summed E-state index contributed by atoms with van der Waals surface area (Å²) in [5.41, 5.74) is 1.07. The van der Waals surface area contributed by atoms with E-state index in [1.165, 1.54) is 12.2 Å². The number of hydrogen-bond acceptors (Lipinski definition) is 2. The van der Waals surface area contributed by atoms with Crippen molar-refractivity contribution in [3.8, 4) is 0 Å². The summed E-state index contributed by atoms with van der Waals surface area (Å²) in [5, 5.41) is 2.01. The Hall–Kier alpha value is -1.06. The van der Waals surface area contributed by atoms with Gasteiger partial charge in [0.2, 0.25) is 5.91 Å². The van der Waals surface area contributed by atoms with Crippen molar-refractivity contribution in [1.29, 1.82) is 0 Å². The van der Waals surface area contributed by atoms with Crippen molar-refractivity contribution in [2.75, 3.05) is 14.2 Å². The molecule has 0 aromatic heterocycles. The zero-order valence-corrected chi connectivity index (χ0v) is 11.9. The van der Waals surface area contributed by atoms with Gasteiger partial charge in [-0.2, -0.15) is 0 Å². The lowest BCUT2D eigenvalue weighted by atomic mass is 10.0. The zero-order chi connectivity index (χ0) is 13.5. The van der Waals surface area contributed by atoms with Crippen LogP contribution in [0.2, 0.25) is 5.02 Å². The monoisotopic (exact) mass is 267 g/mol. The summed E-state index contributed by atoms with van der Waals surface area (Å²) in [6.07, 6.45) is 0. The summed E-state index contributed by atoms with van der Waals surface area (Å²) in [7, 11) is 3.15. The van der Waals surface area contributed by atoms with Crippen molar-refractivity contribution >= 4 is 17.5 Å². The molecule has 0 bridgehead atoms. The smallest absolute Gasteiger partial charge is 0.250 e. The van der Waals surface area contributed by atoms with Gasteiger partial charge in [-0.05, 0) is 23.1 Å². The lowest BCUT2D eigenvalue weighted by Crippen LogP contribution is -2.28. The first-order chi connectivity index (χ1) is 8.39. The first-order valence-electron chi connectivity index (χ1n) is 5.96. The Morgan fingerprint density at radius 1 is 1.44 bits per heavy atom. The molecule has 1 amide bonds. The van der Waals surface area contributed by atoms with E-state index in [9.17, 15) is 4.79 Å². The number of benzene rings is 1. The molecule has 18 heavy (non-hydrogen) atoms. The Balaban J connectivity index is 2.24. The predicted octanol–water partition coefficient (Wildman–Crippen LogP) is 3.10. The van der Waals surface area contributed by atoms with E-state index in [1.807, 2.05) is 24.3 Å². The average Bonchev–Trinajstić information content (AvgIpc) is 2.90. The van der Waals surface area contributed by atoms with Crippen LogP contribution in [0, 0.1) is 11.3 Å². The van der Waals surface area contributed by atoms with Crippen LogP contribution in [0.1, 0.15) is 25.3 Å². The number of carbonyl (C=O) groups is 1. The largest absolute Gasteiger partial charge is 0.275 e. The van der Waals surface area contributed by atoms with Gasteiger partial charge in [0, 0.05) is 18.0 Å². The molecule has 98 valence electrons. The summed E-state index contributed by atoms with van der Waals surface area (Å²) >= 11 is 6.01. The molecule has 2 atom stereocenters. The molecule has 1 saturated carbocycles. The van der Waals surface area contributed by atoms with Gasteiger partial charge >= 0.3 is 0 Å². The van der Waals surface area contributed by atoms with Crippen molar-refractivity contribution in [2.45, 2.75) is 19.8 Å². The molecule has 1 aromatic carbocycles. The predicted molar refractivity (Wildman–Crippen MR) is 71.2 cm³/mol. The van der Waals surface area contributed by atoms with Crippen LogP contribution in [0.4, 0.5) is 0 Å². The van der Waals surface area contributed by atoms with Crippen LogP contribution in [0.5, 0.6) is 0 Å². The van der Waals surface area contributed by atoms with Gasteiger partial charge in [-0.25, -0.2) is 5.06 Å². The van der Waals surface area contributed by atoms with E-state index in [0.717, 1.165) is 5.56 Å². The fourth-order valence-corrected chi connectivity index (χ4v) is 2.91. The van der Waals surface area contributed by atoms with Crippen LogP contribution in [0.3, 0.4) is 0 Å². The standard InChI is InChI=1S/C14H18ClNO2/c1-14(2)11(9-6-5-7-10(15)8-9)12(14)13(17)16(3)18-4/h5-8,11-12H,1-4H3/t11-,12+/m1/s1. The van der Waals surface area contributed by atoms with Crippen molar-refractivity contribution in [2.24, 2.45) is 11.3 Å². The molecule has 2 rings (SSSR count). The minimum atomic E-state index is -0.0471. The second-order valence-corrected chi connectivity index (χ2v) is 5.79. The topological polar surface area (TPSA) is 29.5 Å². The number of halogens is 1. The van der Waals surface area contributed by atoms with Crippen LogP contribution in [-0.2, 0) is 9.63 Å². The number of nitrogens with zero attached hydrogens (tertiary/aromatic N) is 1. The number of hydrogen-bond donors (Lipinski definition) is 0. The van der Waals surface area contributed by atoms with E-state index in [0.29, 0.717) is 5.02 Å². The quantitative estimate of drug-likeness (QED) is 0.788. The lowest BCUT2D eigenvalue weighted by molar-refractivity contribution is -0.171. The molecule has 0 saturated heterocycles. The summed E-state index contributed by atoms with van der Waals surface area (Å²) < 4.78 is 0. The molecular formula is C14H18ClNO2. The third kappa shape index (κ3) is 2.13. The minimum absolute atomic E-state index is 0.0208. The first-order valence-corrected chi connectivity index (χ1v) is 6.34. The molecule has 0 spiro atoms. The van der Waals surface area contributed by atoms with E-state index in [4.69, 9.17) is 16.4 Å². The number of amides is 1. The molecule has 4 heteroatoms. The number of carbonyl (C=O) groups excluding carboxylic acids is 1. The molecule has 1 aromatic rings. The summed E-state index contributed by atoms with van der Waals surface area (Å²) in [6, 6.07) is 7.73. The van der Waals surface area contributed by atoms with Crippen LogP contribution in [-0.4, -0.2) is 25.1 Å². The Morgan fingerprint density at radius 2 is 2.11 bits per heavy atom. The average molecular weight is 268 g/mol. The Kier molecular flexibility index (Phi) is 3.39. The molecule has 1 aliphatic rings. The van der Waals surface area contributed by atoms with Crippen LogP contribution in [0.25, 0.3) is 0 Å². The van der Waals surface area contributed by atoms with Gasteiger partial charge in [0.25, 0.3) is 0 Å². The fourth-order valence-electron chi connectivity index (χ4n) is 2.71. The highest BCUT2D eigenvalue weighted by atomic mass is 35.5. The molecular weight excluding hydrogens is 250 g/mol. The molecule has 1 aliphatic carbocycles. The molecule has 0 unspecified atom stereocenters. The summed E-state index contributed by atoms with van der Waals surface area (Å²) in [4.78, 5) is 17.2. The van der Waals surface area contributed by atoms with E-state index in [1.54, 1.807) is 7.05 Å². The van der Waals surface area contributed by atoms with Gasteiger partial charge < -0.3 is 0 Å². The third-order valence-corrected chi connectivity index (χ3v) is 4.12.